The van der Waals surface area contributed by atoms with Crippen LogP contribution in [0.4, 0.5) is 4.39 Å². The first kappa shape index (κ1) is 15.6. The highest BCUT2D eigenvalue weighted by Crippen LogP contribution is 2.02. The van der Waals surface area contributed by atoms with Crippen LogP contribution < -0.4 is 5.32 Å². The molecule has 4 heteroatoms. The summed E-state index contributed by atoms with van der Waals surface area (Å²) in [5.74, 6) is -0.152. The van der Waals surface area contributed by atoms with Gasteiger partial charge in [0.2, 0.25) is 5.91 Å². The zero-order chi connectivity index (χ0) is 14.1. The van der Waals surface area contributed by atoms with Crippen molar-refractivity contribution < 1.29 is 9.18 Å². The second-order valence-corrected chi connectivity index (χ2v) is 4.50. The summed E-state index contributed by atoms with van der Waals surface area (Å²) in [4.78, 5) is 13.8. The Hall–Kier alpha value is -1.42. The van der Waals surface area contributed by atoms with Gasteiger partial charge in [-0.05, 0) is 37.2 Å². The maximum absolute atomic E-state index is 12.7. The van der Waals surface area contributed by atoms with E-state index in [1.807, 2.05) is 0 Å². The fraction of sp³-hybridized carbons (Fsp3) is 0.533. The summed E-state index contributed by atoms with van der Waals surface area (Å²) in [6, 6.07) is 6.38. The molecule has 1 aromatic carbocycles. The fourth-order valence-electron chi connectivity index (χ4n) is 1.89. The second-order valence-electron chi connectivity index (χ2n) is 4.50. The van der Waals surface area contributed by atoms with Crippen molar-refractivity contribution in [3.05, 3.63) is 35.6 Å². The Morgan fingerprint density at radius 3 is 2.42 bits per heavy atom. The zero-order valence-electron chi connectivity index (χ0n) is 11.8. The third kappa shape index (κ3) is 6.34. The third-order valence-corrected chi connectivity index (χ3v) is 3.20. The minimum atomic E-state index is -0.230. The van der Waals surface area contributed by atoms with E-state index in [1.54, 1.807) is 12.1 Å². The van der Waals surface area contributed by atoms with Crippen molar-refractivity contribution in [3.8, 4) is 0 Å². The van der Waals surface area contributed by atoms with Gasteiger partial charge in [-0.1, -0.05) is 26.0 Å². The Morgan fingerprint density at radius 1 is 1.21 bits per heavy atom. The molecule has 0 aliphatic rings. The molecule has 106 valence electrons. The first-order chi connectivity index (χ1) is 9.15. The normalized spacial score (nSPS) is 10.7. The number of carbonyl (C=O) groups excluding carboxylic acids is 1. The molecule has 0 atom stereocenters. The highest BCUT2D eigenvalue weighted by molar-refractivity contribution is 5.76. The van der Waals surface area contributed by atoms with Gasteiger partial charge in [-0.25, -0.2) is 4.39 Å². The van der Waals surface area contributed by atoms with Gasteiger partial charge in [0.05, 0.1) is 0 Å². The van der Waals surface area contributed by atoms with Crippen LogP contribution in [0, 0.1) is 5.82 Å². The van der Waals surface area contributed by atoms with Crippen molar-refractivity contribution in [1.29, 1.82) is 0 Å². The number of carbonyl (C=O) groups is 1. The number of hydrogen-bond donors (Lipinski definition) is 1. The van der Waals surface area contributed by atoms with Crippen LogP contribution in [0.25, 0.3) is 0 Å². The number of nitrogens with one attached hydrogen (secondary N) is 1. The summed E-state index contributed by atoms with van der Waals surface area (Å²) < 4.78 is 12.7. The molecular weight excluding hydrogens is 243 g/mol. The third-order valence-electron chi connectivity index (χ3n) is 3.20. The minimum Gasteiger partial charge on any atom is -0.356 e. The summed E-state index contributed by atoms with van der Waals surface area (Å²) in [6.07, 6.45) is 1.27. The van der Waals surface area contributed by atoms with Gasteiger partial charge in [0, 0.05) is 19.5 Å². The lowest BCUT2D eigenvalue weighted by atomic mass is 10.1. The highest BCUT2D eigenvalue weighted by atomic mass is 19.1. The Morgan fingerprint density at radius 2 is 1.84 bits per heavy atom. The van der Waals surface area contributed by atoms with Crippen LogP contribution in [-0.4, -0.2) is 37.0 Å². The average Bonchev–Trinajstić information content (AvgIpc) is 2.42. The lowest BCUT2D eigenvalue weighted by Gasteiger charge is -2.17. The van der Waals surface area contributed by atoms with E-state index in [1.165, 1.54) is 12.1 Å². The molecule has 0 fully saturated rings. The quantitative estimate of drug-likeness (QED) is 0.782. The summed E-state index contributed by atoms with van der Waals surface area (Å²) in [5, 5.41) is 2.89. The zero-order valence-corrected chi connectivity index (χ0v) is 11.8. The summed E-state index contributed by atoms with van der Waals surface area (Å²) >= 11 is 0. The van der Waals surface area contributed by atoms with Gasteiger partial charge in [-0.2, -0.15) is 0 Å². The van der Waals surface area contributed by atoms with E-state index in [0.717, 1.165) is 31.6 Å². The summed E-state index contributed by atoms with van der Waals surface area (Å²) in [5.41, 5.74) is 1.03. The summed E-state index contributed by atoms with van der Waals surface area (Å²) in [7, 11) is 0. The molecule has 1 aromatic rings. The molecule has 1 N–H and O–H groups in total. The van der Waals surface area contributed by atoms with Gasteiger partial charge < -0.3 is 10.2 Å². The van der Waals surface area contributed by atoms with Gasteiger partial charge in [0.25, 0.3) is 0 Å². The number of benzene rings is 1. The Kier molecular flexibility index (Phi) is 7.11. The molecule has 0 saturated heterocycles. The van der Waals surface area contributed by atoms with Crippen LogP contribution >= 0.6 is 0 Å². The molecule has 1 rings (SSSR count). The standard InChI is InChI=1S/C15H23FN2O/c1-3-18(4-2)12-10-15(19)17-11-9-13-5-7-14(16)8-6-13/h5-8H,3-4,9-12H2,1-2H3,(H,17,19). The van der Waals surface area contributed by atoms with Crippen molar-refractivity contribution in [3.63, 3.8) is 0 Å². The maximum Gasteiger partial charge on any atom is 0.221 e. The van der Waals surface area contributed by atoms with Gasteiger partial charge in [-0.15, -0.1) is 0 Å². The molecule has 0 saturated carbocycles. The average molecular weight is 266 g/mol. The monoisotopic (exact) mass is 266 g/mol. The smallest absolute Gasteiger partial charge is 0.221 e. The number of halogens is 1. The topological polar surface area (TPSA) is 32.3 Å². The second kappa shape index (κ2) is 8.64. The predicted octanol–water partition coefficient (Wildman–Crippen LogP) is 2.22. The van der Waals surface area contributed by atoms with Crippen molar-refractivity contribution in [2.24, 2.45) is 0 Å². The molecule has 3 nitrogen and oxygen atoms in total. The van der Waals surface area contributed by atoms with Crippen molar-refractivity contribution in [2.75, 3.05) is 26.2 Å². The van der Waals surface area contributed by atoms with Gasteiger partial charge >= 0.3 is 0 Å². The molecule has 0 aliphatic heterocycles. The van der Waals surface area contributed by atoms with E-state index in [2.05, 4.69) is 24.1 Å². The van der Waals surface area contributed by atoms with Crippen molar-refractivity contribution in [1.82, 2.24) is 10.2 Å². The van der Waals surface area contributed by atoms with E-state index in [9.17, 15) is 9.18 Å². The number of amides is 1. The minimum absolute atomic E-state index is 0.0778. The molecule has 19 heavy (non-hydrogen) atoms. The molecule has 0 aromatic heterocycles. The van der Waals surface area contributed by atoms with Crippen molar-refractivity contribution >= 4 is 5.91 Å². The Labute approximate surface area is 114 Å². The van der Waals surface area contributed by atoms with Crippen LogP contribution in [0.3, 0.4) is 0 Å². The van der Waals surface area contributed by atoms with E-state index in [0.29, 0.717) is 13.0 Å². The molecule has 0 unspecified atom stereocenters. The van der Waals surface area contributed by atoms with Crippen LogP contribution in [0.2, 0.25) is 0 Å². The predicted molar refractivity (Wildman–Crippen MR) is 75.5 cm³/mol. The first-order valence-corrected chi connectivity index (χ1v) is 6.89. The summed E-state index contributed by atoms with van der Waals surface area (Å²) in [6.45, 7) is 7.53. The molecule has 0 aliphatic carbocycles. The number of nitrogens with zero attached hydrogens (tertiary/aromatic N) is 1. The molecule has 0 radical (unpaired) electrons. The lowest BCUT2D eigenvalue weighted by Crippen LogP contribution is -2.31. The van der Waals surface area contributed by atoms with Crippen LogP contribution in [-0.2, 0) is 11.2 Å². The van der Waals surface area contributed by atoms with Crippen LogP contribution in [0.1, 0.15) is 25.8 Å². The van der Waals surface area contributed by atoms with Crippen LogP contribution in [0.15, 0.2) is 24.3 Å². The Balaban J connectivity index is 2.18. The SMILES string of the molecule is CCN(CC)CCC(=O)NCCc1ccc(F)cc1. The number of hydrogen-bond acceptors (Lipinski definition) is 2. The molecule has 0 heterocycles. The first-order valence-electron chi connectivity index (χ1n) is 6.89. The van der Waals surface area contributed by atoms with Gasteiger partial charge in [0.1, 0.15) is 5.82 Å². The van der Waals surface area contributed by atoms with Gasteiger partial charge in [0.15, 0.2) is 0 Å². The Bertz CT molecular complexity index is 374. The van der Waals surface area contributed by atoms with Gasteiger partial charge in [-0.3, -0.25) is 4.79 Å². The highest BCUT2D eigenvalue weighted by Gasteiger charge is 2.04. The van der Waals surface area contributed by atoms with E-state index in [-0.39, 0.29) is 11.7 Å². The van der Waals surface area contributed by atoms with E-state index in [4.69, 9.17) is 0 Å². The lowest BCUT2D eigenvalue weighted by molar-refractivity contribution is -0.121. The maximum atomic E-state index is 12.7. The van der Waals surface area contributed by atoms with Crippen molar-refractivity contribution in [2.45, 2.75) is 26.7 Å². The molecule has 0 bridgehead atoms. The number of rotatable bonds is 8. The molecule has 0 spiro atoms. The van der Waals surface area contributed by atoms with Crippen LogP contribution in [0.5, 0.6) is 0 Å². The molecule has 1 amide bonds. The van der Waals surface area contributed by atoms with E-state index >= 15 is 0 Å². The molecular formula is C15H23FN2O. The largest absolute Gasteiger partial charge is 0.356 e. The van der Waals surface area contributed by atoms with E-state index < -0.39 is 0 Å². The fourth-order valence-corrected chi connectivity index (χ4v) is 1.89.